The van der Waals surface area contributed by atoms with Crippen molar-refractivity contribution < 1.29 is 4.74 Å². The molecule has 0 aliphatic carbocycles. The average molecular weight is 423 g/mol. The molecule has 1 saturated heterocycles. The number of thiophene rings is 1. The largest absolute Gasteiger partial charge is 0.495 e. The summed E-state index contributed by atoms with van der Waals surface area (Å²) >= 11 is 1.42. The number of ether oxygens (including phenoxy) is 1. The lowest BCUT2D eigenvalue weighted by molar-refractivity contribution is 0.245. The third kappa shape index (κ3) is 3.94. The number of aromatic nitrogens is 2. The molecule has 0 spiro atoms. The van der Waals surface area contributed by atoms with Gasteiger partial charge in [-0.2, -0.15) is 0 Å². The molecule has 0 saturated carbocycles. The average Bonchev–Trinajstić information content (AvgIpc) is 3.17. The van der Waals surface area contributed by atoms with Gasteiger partial charge in [-0.15, -0.1) is 23.7 Å². The zero-order chi connectivity index (χ0) is 18.8. The number of fused-ring (bicyclic) bond motifs is 1. The molecule has 3 heterocycles. The molecule has 28 heavy (non-hydrogen) atoms. The Balaban J connectivity index is 0.00000225. The van der Waals surface area contributed by atoms with Crippen LogP contribution >= 0.6 is 23.7 Å². The van der Waals surface area contributed by atoms with Gasteiger partial charge >= 0.3 is 5.69 Å². The van der Waals surface area contributed by atoms with Crippen molar-refractivity contribution in [2.24, 2.45) is 0 Å². The zero-order valence-corrected chi connectivity index (χ0v) is 17.2. The lowest BCUT2D eigenvalue weighted by Gasteiger charge is -2.36. The number of aromatic amines is 1. The minimum atomic E-state index is -0.335. The van der Waals surface area contributed by atoms with E-state index in [1.807, 2.05) is 18.2 Å². The van der Waals surface area contributed by atoms with Crippen molar-refractivity contribution in [1.82, 2.24) is 14.5 Å². The van der Waals surface area contributed by atoms with Crippen LogP contribution in [-0.4, -0.2) is 54.3 Å². The van der Waals surface area contributed by atoms with E-state index in [1.165, 1.54) is 15.9 Å². The molecule has 1 aliphatic heterocycles. The predicted molar refractivity (Wildman–Crippen MR) is 116 cm³/mol. The predicted octanol–water partition coefficient (Wildman–Crippen LogP) is 2.00. The van der Waals surface area contributed by atoms with Crippen LogP contribution in [0.3, 0.4) is 0 Å². The Morgan fingerprint density at radius 1 is 1.07 bits per heavy atom. The Labute approximate surface area is 172 Å². The minimum absolute atomic E-state index is 0. The number of nitrogens with zero attached hydrogens (tertiary/aromatic N) is 3. The molecule has 2 aromatic heterocycles. The van der Waals surface area contributed by atoms with Gasteiger partial charge in [-0.3, -0.25) is 14.3 Å². The van der Waals surface area contributed by atoms with Crippen LogP contribution in [0, 0.1) is 0 Å². The number of piperazine rings is 1. The maximum atomic E-state index is 12.5. The van der Waals surface area contributed by atoms with Crippen molar-refractivity contribution in [1.29, 1.82) is 0 Å². The van der Waals surface area contributed by atoms with Crippen molar-refractivity contribution in [3.8, 4) is 5.75 Å². The van der Waals surface area contributed by atoms with E-state index in [9.17, 15) is 9.59 Å². The number of methoxy groups -OCH3 is 1. The van der Waals surface area contributed by atoms with Crippen LogP contribution in [0.2, 0.25) is 0 Å². The summed E-state index contributed by atoms with van der Waals surface area (Å²) in [6.07, 6.45) is 0. The molecule has 0 radical (unpaired) electrons. The highest BCUT2D eigenvalue weighted by Gasteiger charge is 2.19. The molecule has 1 aliphatic rings. The fraction of sp³-hybridized carbons (Fsp3) is 0.368. The van der Waals surface area contributed by atoms with Crippen molar-refractivity contribution in [3.63, 3.8) is 0 Å². The van der Waals surface area contributed by atoms with Gasteiger partial charge in [-0.05, 0) is 12.1 Å². The number of para-hydroxylation sites is 2. The molecule has 1 N–H and O–H groups in total. The van der Waals surface area contributed by atoms with Crippen LogP contribution < -0.4 is 20.9 Å². The van der Waals surface area contributed by atoms with Crippen molar-refractivity contribution in [2.75, 3.05) is 44.7 Å². The fourth-order valence-corrected chi connectivity index (χ4v) is 4.28. The summed E-state index contributed by atoms with van der Waals surface area (Å²) in [6.45, 7) is 4.61. The Hall–Kier alpha value is -2.29. The molecule has 1 aromatic carbocycles. The fourth-order valence-electron chi connectivity index (χ4n) is 3.53. The second-order valence-corrected chi connectivity index (χ2v) is 7.33. The van der Waals surface area contributed by atoms with E-state index in [-0.39, 0.29) is 23.7 Å². The molecule has 7 nitrogen and oxygen atoms in total. The van der Waals surface area contributed by atoms with Gasteiger partial charge in [-0.25, -0.2) is 4.79 Å². The summed E-state index contributed by atoms with van der Waals surface area (Å²) in [5, 5.41) is 4.16. The molecular weight excluding hydrogens is 400 g/mol. The van der Waals surface area contributed by atoms with Gasteiger partial charge in [0.05, 0.1) is 23.7 Å². The van der Waals surface area contributed by atoms with Crippen molar-refractivity contribution in [3.05, 3.63) is 55.9 Å². The van der Waals surface area contributed by atoms with Gasteiger partial charge in [0.25, 0.3) is 5.56 Å². The Morgan fingerprint density at radius 3 is 2.57 bits per heavy atom. The molecule has 0 unspecified atom stereocenters. The van der Waals surface area contributed by atoms with E-state index >= 15 is 0 Å². The first kappa shape index (κ1) is 20.4. The van der Waals surface area contributed by atoms with E-state index in [2.05, 4.69) is 20.9 Å². The molecule has 4 rings (SSSR count). The monoisotopic (exact) mass is 422 g/mol. The Kier molecular flexibility index (Phi) is 6.43. The number of anilines is 1. The van der Waals surface area contributed by atoms with Gasteiger partial charge in [-0.1, -0.05) is 12.1 Å². The number of H-pyrrole nitrogens is 1. The molecular formula is C19H23ClN4O3S. The summed E-state index contributed by atoms with van der Waals surface area (Å²) < 4.78 is 6.76. The van der Waals surface area contributed by atoms with Gasteiger partial charge in [0.1, 0.15) is 5.75 Å². The maximum absolute atomic E-state index is 12.5. The molecule has 3 aromatic rings. The minimum Gasteiger partial charge on any atom is -0.495 e. The molecule has 0 bridgehead atoms. The number of halogens is 1. The topological polar surface area (TPSA) is 70.6 Å². The number of nitrogens with one attached hydrogen (secondary N) is 1. The number of benzene rings is 1. The lowest BCUT2D eigenvalue weighted by atomic mass is 10.2. The van der Waals surface area contributed by atoms with E-state index in [1.54, 1.807) is 17.9 Å². The molecule has 150 valence electrons. The number of rotatable bonds is 5. The second-order valence-electron chi connectivity index (χ2n) is 6.59. The quantitative estimate of drug-likeness (QED) is 0.681. The first-order valence-corrected chi connectivity index (χ1v) is 9.91. The van der Waals surface area contributed by atoms with Gasteiger partial charge < -0.3 is 14.6 Å². The van der Waals surface area contributed by atoms with Crippen LogP contribution in [0.25, 0.3) is 10.9 Å². The molecule has 9 heteroatoms. The lowest BCUT2D eigenvalue weighted by Crippen LogP contribution is -2.48. The highest BCUT2D eigenvalue weighted by atomic mass is 35.5. The highest BCUT2D eigenvalue weighted by Crippen LogP contribution is 2.28. The van der Waals surface area contributed by atoms with Crippen molar-refractivity contribution in [2.45, 2.75) is 6.54 Å². The van der Waals surface area contributed by atoms with Crippen LogP contribution in [0.5, 0.6) is 5.75 Å². The van der Waals surface area contributed by atoms with Gasteiger partial charge in [0.15, 0.2) is 0 Å². The van der Waals surface area contributed by atoms with Gasteiger partial charge in [0, 0.05) is 50.0 Å². The second kappa shape index (κ2) is 8.81. The number of hydrogen-bond acceptors (Lipinski definition) is 6. The van der Waals surface area contributed by atoms with Crippen LogP contribution in [0.15, 0.2) is 44.6 Å². The van der Waals surface area contributed by atoms with E-state index in [0.29, 0.717) is 24.0 Å². The van der Waals surface area contributed by atoms with E-state index in [4.69, 9.17) is 4.74 Å². The number of hydrogen-bond donors (Lipinski definition) is 1. The highest BCUT2D eigenvalue weighted by molar-refractivity contribution is 7.09. The van der Waals surface area contributed by atoms with Crippen LogP contribution in [0.4, 0.5) is 5.69 Å². The summed E-state index contributed by atoms with van der Waals surface area (Å²) in [5.74, 6) is 0.883. The first-order valence-electron chi connectivity index (χ1n) is 8.96. The first-order chi connectivity index (χ1) is 13.2. The van der Waals surface area contributed by atoms with E-state index < -0.39 is 0 Å². The summed E-state index contributed by atoms with van der Waals surface area (Å²) in [7, 11) is 1.69. The smallest absolute Gasteiger partial charge is 0.328 e. The third-order valence-electron chi connectivity index (χ3n) is 5.06. The Bertz CT molecular complexity index is 1050. The van der Waals surface area contributed by atoms with Gasteiger partial charge in [0.2, 0.25) is 0 Å². The Morgan fingerprint density at radius 2 is 1.82 bits per heavy atom. The summed E-state index contributed by atoms with van der Waals surface area (Å²) in [6, 6.07) is 8.03. The van der Waals surface area contributed by atoms with Crippen LogP contribution in [0.1, 0.15) is 0 Å². The van der Waals surface area contributed by atoms with Crippen LogP contribution in [-0.2, 0) is 6.54 Å². The van der Waals surface area contributed by atoms with E-state index in [0.717, 1.165) is 37.6 Å². The molecule has 1 fully saturated rings. The zero-order valence-electron chi connectivity index (χ0n) is 15.6. The third-order valence-corrected chi connectivity index (χ3v) is 5.81. The standard InChI is InChI=1S/C19H22N4O3S.ClH/c1-26-17-5-3-2-4-16(17)22-9-6-21(7-10-22)8-11-23-18(24)14-12-27-13-15(14)20-19(23)25;/h2-5,12-13H,6-11H2,1H3,(H,20,25);1H. The summed E-state index contributed by atoms with van der Waals surface area (Å²) in [5.41, 5.74) is 1.19. The SMILES string of the molecule is COc1ccccc1N1CCN(CCn2c(=O)[nH]c3cscc3c2=O)CC1.Cl. The van der Waals surface area contributed by atoms with Crippen molar-refractivity contribution >= 4 is 40.3 Å². The summed E-state index contributed by atoms with van der Waals surface area (Å²) in [4.78, 5) is 32.1. The molecule has 0 atom stereocenters. The normalized spacial score (nSPS) is 14.8. The maximum Gasteiger partial charge on any atom is 0.328 e. The molecule has 0 amide bonds.